The minimum absolute atomic E-state index is 0.140. The summed E-state index contributed by atoms with van der Waals surface area (Å²) in [5.41, 5.74) is 1.07. The predicted octanol–water partition coefficient (Wildman–Crippen LogP) is 4.82. The Labute approximate surface area is 114 Å². The van der Waals surface area contributed by atoms with Crippen LogP contribution < -0.4 is 4.08 Å². The van der Waals surface area contributed by atoms with E-state index in [9.17, 15) is 0 Å². The fraction of sp³-hybridized carbons (Fsp3) is 0.400. The lowest BCUT2D eigenvalue weighted by Crippen LogP contribution is -2.13. The Balaban J connectivity index is 2.94. The monoisotopic (exact) mass is 339 g/mol. The molecule has 0 radical (unpaired) electrons. The number of rotatable bonds is 5. The third-order valence-electron chi connectivity index (χ3n) is 1.78. The van der Waals surface area contributed by atoms with Gasteiger partial charge in [0.25, 0.3) is 0 Å². The van der Waals surface area contributed by atoms with Gasteiger partial charge in [-0.2, -0.15) is 0 Å². The molecule has 1 atom stereocenters. The van der Waals surface area contributed by atoms with E-state index in [0.29, 0.717) is 0 Å². The Morgan fingerprint density at radius 3 is 2.38 bits per heavy atom. The van der Waals surface area contributed by atoms with Gasteiger partial charge in [0.15, 0.2) is 6.42 Å². The predicted molar refractivity (Wildman–Crippen MR) is 81.9 cm³/mol. The van der Waals surface area contributed by atoms with E-state index in [1.54, 1.807) is 0 Å². The van der Waals surface area contributed by atoms with Crippen LogP contribution >= 0.6 is 31.6 Å². The maximum Gasteiger partial charge on any atom is 0.163 e. The van der Waals surface area contributed by atoms with Gasteiger partial charge < -0.3 is 4.52 Å². The highest BCUT2D eigenvalue weighted by atomic mass is 79.9. The first kappa shape index (κ1) is 14.5. The first-order valence-electron chi connectivity index (χ1n) is 4.87. The minimum atomic E-state index is -2.00. The number of nitrogens with zero attached hydrogens (tertiary/aromatic N) is 1. The van der Waals surface area contributed by atoms with Crippen LogP contribution in [0.2, 0.25) is 0 Å². The Kier molecular flexibility index (Phi) is 5.82. The normalized spacial score (nSPS) is 14.8. The third-order valence-corrected chi connectivity index (χ3v) is 7.60. The summed E-state index contributed by atoms with van der Waals surface area (Å²) in [6.07, 6.45) is -1.86. The molecule has 1 aromatic rings. The number of halogens is 1. The maximum atomic E-state index is 5.85. The molecule has 1 rings (SSSR count). The minimum Gasteiger partial charge on any atom is -0.331 e. The van der Waals surface area contributed by atoms with Gasteiger partial charge in [-0.15, -0.1) is 0 Å². The molecule has 2 nitrogen and oxygen atoms in total. The van der Waals surface area contributed by atoms with Gasteiger partial charge in [-0.1, -0.05) is 18.2 Å². The molecule has 1 unspecified atom stereocenters. The molecule has 16 heavy (non-hydrogen) atoms. The zero-order valence-corrected chi connectivity index (χ0v) is 13.6. The summed E-state index contributed by atoms with van der Waals surface area (Å²) in [6.45, 7) is 6.00. The van der Waals surface area contributed by atoms with E-state index in [-0.39, 0.29) is 6.10 Å². The number of anilines is 1. The van der Waals surface area contributed by atoms with Crippen LogP contribution in [0.3, 0.4) is 0 Å². The fourth-order valence-electron chi connectivity index (χ4n) is 1.30. The van der Waals surface area contributed by atoms with E-state index in [0.717, 1.165) is 5.69 Å². The molecule has 0 bridgehead atoms. The molecule has 1 aromatic carbocycles. The number of hydrogen-bond acceptors (Lipinski definition) is 3. The van der Waals surface area contributed by atoms with Crippen molar-refractivity contribution >= 4 is 49.1 Å². The lowest BCUT2D eigenvalue weighted by Gasteiger charge is -2.31. The molecule has 0 aromatic heterocycles. The molecule has 0 amide bonds. The van der Waals surface area contributed by atoms with E-state index in [2.05, 4.69) is 14.8 Å². The molecule has 0 spiro atoms. The highest BCUT2D eigenvalue weighted by Gasteiger charge is 2.23. The maximum absolute atomic E-state index is 5.85. The lowest BCUT2D eigenvalue weighted by atomic mass is 10.3. The van der Waals surface area contributed by atoms with Gasteiger partial charge in [0, 0.05) is 31.9 Å². The van der Waals surface area contributed by atoms with Crippen molar-refractivity contribution in [3.05, 3.63) is 30.3 Å². The summed E-state index contributed by atoms with van der Waals surface area (Å²) in [7, 11) is 1.44. The van der Waals surface area contributed by atoms with Gasteiger partial charge in [0.2, 0.25) is 0 Å². The molecule has 0 aliphatic rings. The van der Waals surface area contributed by atoms with Crippen LogP contribution in [0.1, 0.15) is 13.8 Å². The van der Waals surface area contributed by atoms with Crippen molar-refractivity contribution in [1.82, 2.24) is 0 Å². The third kappa shape index (κ3) is 4.04. The number of hydrogen-bond donors (Lipinski definition) is 0. The molecule has 0 aliphatic heterocycles. The van der Waals surface area contributed by atoms with Gasteiger partial charge in [-0.25, -0.2) is 0 Å². The summed E-state index contributed by atoms with van der Waals surface area (Å²) in [4.78, 5) is 0. The first-order valence-corrected chi connectivity index (χ1v) is 10.6. The quantitative estimate of drug-likeness (QED) is 0.563. The first-order chi connectivity index (χ1) is 7.47. The lowest BCUT2D eigenvalue weighted by molar-refractivity contribution is 0.272. The second-order valence-corrected chi connectivity index (χ2v) is 9.53. The Morgan fingerprint density at radius 1 is 1.38 bits per heavy atom. The fourth-order valence-corrected chi connectivity index (χ4v) is 8.08. The summed E-state index contributed by atoms with van der Waals surface area (Å²) in [6, 6.07) is 10.0. The standard InChI is InChI=1S/C10H15BrNOPS2/c1-9(2)13-14(3,15)12(16-11)10-7-5-4-6-8-10/h4-9H,1-3H3. The van der Waals surface area contributed by atoms with E-state index >= 15 is 0 Å². The van der Waals surface area contributed by atoms with Crippen molar-refractivity contribution < 1.29 is 4.52 Å². The van der Waals surface area contributed by atoms with Crippen LogP contribution in [0.5, 0.6) is 0 Å². The number of benzene rings is 1. The molecular formula is C10H15BrNOPS2. The molecule has 0 N–H and O–H groups in total. The SMILES string of the molecule is CC(C)OP(C)(=S)N(SBr)c1ccccc1. The van der Waals surface area contributed by atoms with Crippen molar-refractivity contribution in [3.63, 3.8) is 0 Å². The molecule has 0 saturated carbocycles. The Bertz CT molecular complexity index is 374. The topological polar surface area (TPSA) is 12.5 Å². The van der Waals surface area contributed by atoms with Crippen molar-refractivity contribution in [2.75, 3.05) is 10.7 Å². The zero-order valence-electron chi connectivity index (χ0n) is 9.46. The average Bonchev–Trinajstić information content (AvgIpc) is 2.17. The second kappa shape index (κ2) is 6.41. The van der Waals surface area contributed by atoms with E-state index < -0.39 is 6.42 Å². The van der Waals surface area contributed by atoms with Crippen LogP contribution in [0.25, 0.3) is 0 Å². The van der Waals surface area contributed by atoms with Crippen LogP contribution in [-0.4, -0.2) is 12.8 Å². The second-order valence-electron chi connectivity index (χ2n) is 3.63. The van der Waals surface area contributed by atoms with Crippen molar-refractivity contribution in [2.45, 2.75) is 20.0 Å². The average molecular weight is 340 g/mol. The van der Waals surface area contributed by atoms with E-state index in [1.165, 1.54) is 10.4 Å². The molecule has 0 saturated heterocycles. The molecule has 0 heterocycles. The van der Waals surface area contributed by atoms with Crippen molar-refractivity contribution in [1.29, 1.82) is 0 Å². The smallest absolute Gasteiger partial charge is 0.163 e. The van der Waals surface area contributed by atoms with Crippen LogP contribution in [0, 0.1) is 0 Å². The largest absolute Gasteiger partial charge is 0.331 e. The Morgan fingerprint density at radius 2 is 1.94 bits per heavy atom. The summed E-state index contributed by atoms with van der Waals surface area (Å²) in [5.74, 6) is 0. The van der Waals surface area contributed by atoms with Crippen molar-refractivity contribution in [2.24, 2.45) is 0 Å². The van der Waals surface area contributed by atoms with Gasteiger partial charge in [-0.05, 0) is 37.8 Å². The Hall–Kier alpha value is 0.460. The molecule has 90 valence electrons. The van der Waals surface area contributed by atoms with Crippen LogP contribution in [0.15, 0.2) is 30.3 Å². The summed E-state index contributed by atoms with van der Waals surface area (Å²) < 4.78 is 7.88. The molecular weight excluding hydrogens is 325 g/mol. The molecule has 0 aliphatic carbocycles. The van der Waals surface area contributed by atoms with E-state index in [4.69, 9.17) is 16.3 Å². The summed E-state index contributed by atoms with van der Waals surface area (Å²) >= 11 is 8.99. The molecule has 0 fully saturated rings. The van der Waals surface area contributed by atoms with Gasteiger partial charge in [-0.3, -0.25) is 4.08 Å². The van der Waals surface area contributed by atoms with E-state index in [1.807, 2.05) is 54.9 Å². The summed E-state index contributed by atoms with van der Waals surface area (Å²) in [5, 5.41) is 0. The van der Waals surface area contributed by atoms with Gasteiger partial charge in [0.05, 0.1) is 11.8 Å². The van der Waals surface area contributed by atoms with Crippen molar-refractivity contribution in [3.8, 4) is 0 Å². The van der Waals surface area contributed by atoms with Crippen LogP contribution in [0.4, 0.5) is 5.69 Å². The number of para-hydroxylation sites is 1. The highest BCUT2D eigenvalue weighted by Crippen LogP contribution is 2.56. The zero-order chi connectivity index (χ0) is 12.2. The van der Waals surface area contributed by atoms with Crippen LogP contribution in [-0.2, 0) is 16.3 Å². The van der Waals surface area contributed by atoms with Gasteiger partial charge >= 0.3 is 0 Å². The van der Waals surface area contributed by atoms with Gasteiger partial charge in [0.1, 0.15) is 0 Å². The highest BCUT2D eigenvalue weighted by molar-refractivity contribution is 9.50. The molecule has 6 heteroatoms.